The van der Waals surface area contributed by atoms with Gasteiger partial charge in [-0.2, -0.15) is 0 Å². The van der Waals surface area contributed by atoms with Gasteiger partial charge in [0.15, 0.2) is 0 Å². The average molecular weight is 368 g/mol. The molecule has 26 heavy (non-hydrogen) atoms. The molecule has 1 heterocycles. The number of carboxylic acids is 1. The largest absolute Gasteiger partial charge is 0.481 e. The molecule has 1 saturated carbocycles. The summed E-state index contributed by atoms with van der Waals surface area (Å²) in [7, 11) is 0. The summed E-state index contributed by atoms with van der Waals surface area (Å²) in [6.07, 6.45) is 15.7. The van der Waals surface area contributed by atoms with Gasteiger partial charge in [-0.05, 0) is 25.7 Å². The van der Waals surface area contributed by atoms with E-state index in [0.29, 0.717) is 12.3 Å². The smallest absolute Gasteiger partial charge is 0.303 e. The van der Waals surface area contributed by atoms with Crippen molar-refractivity contribution in [1.82, 2.24) is 0 Å². The summed E-state index contributed by atoms with van der Waals surface area (Å²) < 4.78 is 0. The van der Waals surface area contributed by atoms with Crippen LogP contribution in [-0.2, 0) is 19.5 Å². The van der Waals surface area contributed by atoms with Crippen molar-refractivity contribution in [2.24, 2.45) is 11.8 Å². The molecule has 2 aliphatic rings. The molecule has 2 rings (SSSR count). The van der Waals surface area contributed by atoms with Gasteiger partial charge in [-0.25, -0.2) is 14.7 Å². The van der Waals surface area contributed by atoms with Gasteiger partial charge in [0, 0.05) is 24.7 Å². The van der Waals surface area contributed by atoms with Crippen LogP contribution in [0.25, 0.3) is 0 Å². The minimum absolute atomic E-state index is 0.0663. The van der Waals surface area contributed by atoms with Crippen molar-refractivity contribution in [3.05, 3.63) is 24.3 Å². The van der Waals surface area contributed by atoms with E-state index in [1.165, 1.54) is 0 Å². The van der Waals surface area contributed by atoms with Crippen molar-refractivity contribution in [2.75, 3.05) is 0 Å². The topological polar surface area (TPSA) is 85.2 Å². The van der Waals surface area contributed by atoms with Crippen LogP contribution in [0.4, 0.5) is 0 Å². The van der Waals surface area contributed by atoms with Crippen LogP contribution in [0, 0.1) is 11.8 Å². The number of carboxylic acid groups (broad SMARTS) is 1. The fourth-order valence-corrected chi connectivity index (χ4v) is 3.79. The van der Waals surface area contributed by atoms with Crippen molar-refractivity contribution < 1.29 is 29.8 Å². The van der Waals surface area contributed by atoms with Gasteiger partial charge in [-0.3, -0.25) is 10.1 Å². The Morgan fingerprint density at radius 2 is 2.04 bits per heavy atom. The van der Waals surface area contributed by atoms with Crippen molar-refractivity contribution in [3.63, 3.8) is 0 Å². The van der Waals surface area contributed by atoms with E-state index in [4.69, 9.17) is 20.1 Å². The molecule has 0 aromatic rings. The van der Waals surface area contributed by atoms with E-state index >= 15 is 0 Å². The Morgan fingerprint density at radius 3 is 2.77 bits per heavy atom. The Balaban J connectivity index is 1.82. The van der Waals surface area contributed by atoms with Crippen molar-refractivity contribution >= 4 is 5.97 Å². The van der Waals surface area contributed by atoms with Gasteiger partial charge in [0.2, 0.25) is 0 Å². The fourth-order valence-electron chi connectivity index (χ4n) is 3.79. The van der Waals surface area contributed by atoms with Crippen LogP contribution in [0.5, 0.6) is 0 Å². The molecule has 148 valence electrons. The van der Waals surface area contributed by atoms with Crippen molar-refractivity contribution in [2.45, 2.75) is 83.0 Å². The first kappa shape index (κ1) is 21.1. The third kappa shape index (κ3) is 6.50. The molecule has 0 aromatic heterocycles. The first-order valence-electron chi connectivity index (χ1n) is 9.83. The molecule has 1 aliphatic carbocycles. The van der Waals surface area contributed by atoms with E-state index in [2.05, 4.69) is 30.0 Å². The number of aliphatic carboxylic acids is 1. The summed E-state index contributed by atoms with van der Waals surface area (Å²) in [4.78, 5) is 25.9. The van der Waals surface area contributed by atoms with Gasteiger partial charge < -0.3 is 5.11 Å². The summed E-state index contributed by atoms with van der Waals surface area (Å²) in [5.41, 5.74) is 0. The van der Waals surface area contributed by atoms with Crippen LogP contribution in [0.3, 0.4) is 0 Å². The second-order valence-electron chi connectivity index (χ2n) is 7.26. The maximum atomic E-state index is 10.5. The molecule has 0 aromatic carbocycles. The molecule has 6 nitrogen and oxygen atoms in total. The summed E-state index contributed by atoms with van der Waals surface area (Å²) >= 11 is 0. The highest BCUT2D eigenvalue weighted by Gasteiger charge is 2.49. The monoisotopic (exact) mass is 368 g/mol. The van der Waals surface area contributed by atoms with Gasteiger partial charge in [-0.15, -0.1) is 0 Å². The van der Waals surface area contributed by atoms with Gasteiger partial charge in [0.1, 0.15) is 12.2 Å². The first-order chi connectivity index (χ1) is 12.7. The third-order valence-electron chi connectivity index (χ3n) is 5.28. The fraction of sp³-hybridized carbons (Fsp3) is 0.750. The van der Waals surface area contributed by atoms with Crippen molar-refractivity contribution in [1.29, 1.82) is 0 Å². The molecule has 1 saturated heterocycles. The third-order valence-corrected chi connectivity index (χ3v) is 5.28. The van der Waals surface area contributed by atoms with Gasteiger partial charge in [0.25, 0.3) is 0 Å². The quantitative estimate of drug-likeness (QED) is 0.215. The zero-order valence-electron chi connectivity index (χ0n) is 15.6. The number of allylic oxidation sites excluding steroid dienone is 2. The summed E-state index contributed by atoms with van der Waals surface area (Å²) in [5, 5.41) is 17.8. The number of carbonyl (C=O) groups is 1. The Bertz CT molecular complexity index is 475. The lowest BCUT2D eigenvalue weighted by Gasteiger charge is -2.27. The summed E-state index contributed by atoms with van der Waals surface area (Å²) in [6, 6.07) is 0. The van der Waals surface area contributed by atoms with Crippen LogP contribution >= 0.6 is 0 Å². The number of hydrogen-bond acceptors (Lipinski definition) is 5. The zero-order chi connectivity index (χ0) is 18.8. The number of rotatable bonds is 13. The van der Waals surface area contributed by atoms with Gasteiger partial charge >= 0.3 is 5.97 Å². The lowest BCUT2D eigenvalue weighted by Crippen LogP contribution is -2.29. The highest BCUT2D eigenvalue weighted by Crippen LogP contribution is 2.44. The number of fused-ring (bicyclic) bond motifs is 2. The molecular formula is C20H32O6. The molecule has 2 N–H and O–H groups in total. The number of hydrogen-bond donors (Lipinski definition) is 2. The second kappa shape index (κ2) is 11.5. The lowest BCUT2D eigenvalue weighted by molar-refractivity contribution is -0.336. The van der Waals surface area contributed by atoms with Crippen LogP contribution in [-0.4, -0.2) is 34.6 Å². The molecule has 6 heteroatoms. The highest BCUT2D eigenvalue weighted by atomic mass is 17.2. The first-order valence-corrected chi connectivity index (χ1v) is 9.83. The highest BCUT2D eigenvalue weighted by molar-refractivity contribution is 5.66. The second-order valence-corrected chi connectivity index (χ2v) is 7.26. The standard InChI is InChI=1S/C20H32O6/c1-2-3-6-9-15(24-23)12-13-17-16(18-14-19(17)26-25-18)10-7-4-5-8-11-20(21)22/h4,7,12-13,15-19,23H,2-3,5-6,8-11,14H2,1H3,(H,21,22)/b7-4-,13-12+/t15?,16?,17-,18?,19?/m1/s1. The van der Waals surface area contributed by atoms with E-state index in [9.17, 15) is 4.79 Å². The molecule has 5 atom stereocenters. The van der Waals surface area contributed by atoms with Crippen molar-refractivity contribution in [3.8, 4) is 0 Å². The minimum Gasteiger partial charge on any atom is -0.481 e. The molecule has 0 amide bonds. The van der Waals surface area contributed by atoms with E-state index in [1.54, 1.807) is 0 Å². The maximum absolute atomic E-state index is 10.5. The molecule has 0 spiro atoms. The van der Waals surface area contributed by atoms with Crippen LogP contribution < -0.4 is 0 Å². The molecular weight excluding hydrogens is 336 g/mol. The van der Waals surface area contributed by atoms with Gasteiger partial charge in [0.05, 0.1) is 6.10 Å². The Kier molecular flexibility index (Phi) is 9.32. The Labute approximate surface area is 155 Å². The predicted octanol–water partition coefficient (Wildman–Crippen LogP) is 4.52. The normalized spacial score (nSPS) is 29.2. The van der Waals surface area contributed by atoms with Crippen LogP contribution in [0.2, 0.25) is 0 Å². The summed E-state index contributed by atoms with van der Waals surface area (Å²) in [5.74, 6) is -0.154. The van der Waals surface area contributed by atoms with Crippen LogP contribution in [0.15, 0.2) is 24.3 Å². The van der Waals surface area contributed by atoms with E-state index in [-0.39, 0.29) is 30.7 Å². The molecule has 1 aliphatic heterocycles. The van der Waals surface area contributed by atoms with Gasteiger partial charge in [-0.1, -0.05) is 50.5 Å². The Hall–Kier alpha value is -1.21. The average Bonchev–Trinajstić information content (AvgIpc) is 3.22. The molecule has 2 fully saturated rings. The number of unbranched alkanes of at least 4 members (excludes halogenated alkanes) is 3. The Morgan fingerprint density at radius 1 is 1.23 bits per heavy atom. The SMILES string of the molecule is CCCCCC(/C=C/[C@H]1C2CC(OO2)C1C/C=C\CCCC(=O)O)OO. The molecule has 2 bridgehead atoms. The van der Waals surface area contributed by atoms with E-state index in [1.807, 2.05) is 6.08 Å². The summed E-state index contributed by atoms with van der Waals surface area (Å²) in [6.45, 7) is 2.15. The predicted molar refractivity (Wildman–Crippen MR) is 97.4 cm³/mol. The minimum atomic E-state index is -0.748. The van der Waals surface area contributed by atoms with E-state index < -0.39 is 5.97 Å². The van der Waals surface area contributed by atoms with Crippen LogP contribution in [0.1, 0.15) is 64.7 Å². The van der Waals surface area contributed by atoms with E-state index in [0.717, 1.165) is 44.9 Å². The molecule has 0 radical (unpaired) electrons. The lowest BCUT2D eigenvalue weighted by atomic mass is 9.89. The zero-order valence-corrected chi connectivity index (χ0v) is 15.6. The maximum Gasteiger partial charge on any atom is 0.303 e. The molecule has 4 unspecified atom stereocenters.